The van der Waals surface area contributed by atoms with Crippen LogP contribution in [0.5, 0.6) is 0 Å². The minimum absolute atomic E-state index is 0.00484. The fraction of sp³-hybridized carbons (Fsp3) is 0.273. The minimum atomic E-state index is -0.461. The van der Waals surface area contributed by atoms with Crippen molar-refractivity contribution >= 4 is 28.4 Å². The first-order valence-corrected chi connectivity index (χ1v) is 11.1. The molecule has 0 saturated carbocycles. The Morgan fingerprint density at radius 3 is 2.59 bits per heavy atom. The van der Waals surface area contributed by atoms with Gasteiger partial charge >= 0.3 is 0 Å². The molecule has 0 amide bonds. The van der Waals surface area contributed by atoms with E-state index in [1.807, 2.05) is 18.2 Å². The molecular weight excluding hydrogens is 430 g/mol. The molecule has 2 aromatic heterocycles. The van der Waals surface area contributed by atoms with Crippen molar-refractivity contribution in [2.24, 2.45) is 5.92 Å². The summed E-state index contributed by atoms with van der Waals surface area (Å²) in [6.07, 6.45) is 0.859. The second-order valence-electron chi connectivity index (χ2n) is 7.66. The number of fused-ring (bicyclic) bond motifs is 1. The highest BCUT2D eigenvalue weighted by Crippen LogP contribution is 2.25. The molecule has 0 spiro atoms. The molecule has 0 unspecified atom stereocenters. The Bertz CT molecular complexity index is 1310. The van der Waals surface area contributed by atoms with Gasteiger partial charge in [0, 0.05) is 24.2 Å². The van der Waals surface area contributed by atoms with E-state index < -0.39 is 4.92 Å². The quantitative estimate of drug-likeness (QED) is 0.164. The van der Waals surface area contributed by atoms with Gasteiger partial charge in [-0.15, -0.1) is 0 Å². The van der Waals surface area contributed by atoms with Crippen molar-refractivity contribution in [2.45, 2.75) is 37.7 Å². The maximum atomic E-state index is 13.0. The van der Waals surface area contributed by atoms with Crippen molar-refractivity contribution in [2.75, 3.05) is 0 Å². The molecule has 4 rings (SSSR count). The molecule has 0 N–H and O–H groups in total. The zero-order valence-electron chi connectivity index (χ0n) is 17.6. The molecule has 4 aromatic rings. The number of aromatic nitrogens is 4. The Morgan fingerprint density at radius 2 is 1.88 bits per heavy atom. The van der Waals surface area contributed by atoms with E-state index in [0.717, 1.165) is 6.42 Å². The number of non-ortho nitro benzene ring substituents is 1. The summed E-state index contributed by atoms with van der Waals surface area (Å²) in [6.45, 7) is 4.81. The molecule has 0 aliphatic heterocycles. The molecule has 0 aliphatic rings. The summed E-state index contributed by atoms with van der Waals surface area (Å²) in [6, 6.07) is 13.3. The van der Waals surface area contributed by atoms with Crippen LogP contribution in [0.1, 0.15) is 26.2 Å². The standard InChI is InChI=1S/C22H21N5O4S/c1-14(2)11-12-26-21(28)17-5-3-4-6-18(17)23-22(26)32-13-19-24-20(25-31-19)15-7-9-16(10-8-15)27(29)30/h3-10,14H,11-13H2,1-2H3. The van der Waals surface area contributed by atoms with E-state index in [-0.39, 0.29) is 11.2 Å². The lowest BCUT2D eigenvalue weighted by Crippen LogP contribution is -2.24. The fourth-order valence-electron chi connectivity index (χ4n) is 3.13. The van der Waals surface area contributed by atoms with E-state index in [0.29, 0.717) is 51.6 Å². The van der Waals surface area contributed by atoms with E-state index in [1.165, 1.54) is 23.9 Å². The van der Waals surface area contributed by atoms with Crippen LogP contribution in [-0.2, 0) is 12.3 Å². The summed E-state index contributed by atoms with van der Waals surface area (Å²) < 4.78 is 7.05. The summed E-state index contributed by atoms with van der Waals surface area (Å²) in [7, 11) is 0. The van der Waals surface area contributed by atoms with Gasteiger partial charge in [-0.05, 0) is 36.6 Å². The summed E-state index contributed by atoms with van der Waals surface area (Å²) in [5.74, 6) is 1.51. The molecule has 2 heterocycles. The van der Waals surface area contributed by atoms with Gasteiger partial charge in [0.15, 0.2) is 5.16 Å². The SMILES string of the molecule is CC(C)CCn1c(SCc2nc(-c3ccc([N+](=O)[O-])cc3)no2)nc2ccccc2c1=O. The number of nitro groups is 1. The largest absolute Gasteiger partial charge is 0.338 e. The molecule has 0 fully saturated rings. The molecule has 10 heteroatoms. The Labute approximate surface area is 187 Å². The van der Waals surface area contributed by atoms with Crippen LogP contribution < -0.4 is 5.56 Å². The van der Waals surface area contributed by atoms with Crippen molar-refractivity contribution in [1.82, 2.24) is 19.7 Å². The van der Waals surface area contributed by atoms with Gasteiger partial charge < -0.3 is 4.52 Å². The molecule has 164 valence electrons. The third kappa shape index (κ3) is 4.70. The zero-order valence-corrected chi connectivity index (χ0v) is 18.4. The molecule has 0 aliphatic carbocycles. The highest BCUT2D eigenvalue weighted by molar-refractivity contribution is 7.98. The number of thioether (sulfide) groups is 1. The Balaban J connectivity index is 1.57. The number of hydrogen-bond acceptors (Lipinski definition) is 8. The van der Waals surface area contributed by atoms with Crippen LogP contribution in [0.4, 0.5) is 5.69 Å². The van der Waals surface area contributed by atoms with Gasteiger partial charge in [-0.3, -0.25) is 19.5 Å². The Morgan fingerprint density at radius 1 is 1.12 bits per heavy atom. The van der Waals surface area contributed by atoms with Crippen molar-refractivity contribution in [3.05, 3.63) is 74.9 Å². The Hall–Kier alpha value is -3.53. The van der Waals surface area contributed by atoms with E-state index in [9.17, 15) is 14.9 Å². The van der Waals surface area contributed by atoms with Crippen LogP contribution in [0.3, 0.4) is 0 Å². The smallest absolute Gasteiger partial charge is 0.269 e. The molecule has 2 aromatic carbocycles. The summed E-state index contributed by atoms with van der Waals surface area (Å²) in [5, 5.41) is 16.0. The summed E-state index contributed by atoms with van der Waals surface area (Å²) in [4.78, 5) is 32.5. The van der Waals surface area contributed by atoms with E-state index in [4.69, 9.17) is 9.51 Å². The van der Waals surface area contributed by atoms with Crippen molar-refractivity contribution in [1.29, 1.82) is 0 Å². The first-order valence-electron chi connectivity index (χ1n) is 10.1. The van der Waals surface area contributed by atoms with Crippen LogP contribution in [0.25, 0.3) is 22.3 Å². The topological polar surface area (TPSA) is 117 Å². The number of hydrogen-bond donors (Lipinski definition) is 0. The lowest BCUT2D eigenvalue weighted by Gasteiger charge is -2.13. The summed E-state index contributed by atoms with van der Waals surface area (Å²) in [5.41, 5.74) is 1.21. The van der Waals surface area contributed by atoms with Crippen molar-refractivity contribution in [3.63, 3.8) is 0 Å². The number of rotatable bonds is 8. The third-order valence-corrected chi connectivity index (χ3v) is 5.85. The normalized spacial score (nSPS) is 11.3. The zero-order chi connectivity index (χ0) is 22.7. The molecule has 0 saturated heterocycles. The number of nitro benzene ring substituents is 1. The molecular formula is C22H21N5O4S. The van der Waals surface area contributed by atoms with E-state index >= 15 is 0 Å². The third-order valence-electron chi connectivity index (χ3n) is 4.89. The van der Waals surface area contributed by atoms with Gasteiger partial charge in [-0.1, -0.05) is 42.9 Å². The second-order valence-corrected chi connectivity index (χ2v) is 8.60. The predicted molar refractivity (Wildman–Crippen MR) is 121 cm³/mol. The van der Waals surface area contributed by atoms with Crippen molar-refractivity contribution in [3.8, 4) is 11.4 Å². The first kappa shape index (κ1) is 21.7. The fourth-order valence-corrected chi connectivity index (χ4v) is 3.99. The van der Waals surface area contributed by atoms with Gasteiger partial charge in [-0.2, -0.15) is 4.98 Å². The van der Waals surface area contributed by atoms with Gasteiger partial charge in [-0.25, -0.2) is 4.98 Å². The highest BCUT2D eigenvalue weighted by Gasteiger charge is 2.15. The maximum absolute atomic E-state index is 13.0. The lowest BCUT2D eigenvalue weighted by molar-refractivity contribution is -0.384. The van der Waals surface area contributed by atoms with Crippen molar-refractivity contribution < 1.29 is 9.45 Å². The number of nitrogens with zero attached hydrogens (tertiary/aromatic N) is 5. The average Bonchev–Trinajstić information content (AvgIpc) is 3.26. The van der Waals surface area contributed by atoms with Gasteiger partial charge in [0.2, 0.25) is 11.7 Å². The van der Waals surface area contributed by atoms with E-state index in [2.05, 4.69) is 24.0 Å². The second kappa shape index (κ2) is 9.31. The van der Waals surface area contributed by atoms with E-state index in [1.54, 1.807) is 22.8 Å². The summed E-state index contributed by atoms with van der Waals surface area (Å²) >= 11 is 1.36. The van der Waals surface area contributed by atoms with Gasteiger partial charge in [0.05, 0.1) is 21.6 Å². The lowest BCUT2D eigenvalue weighted by atomic mass is 10.1. The van der Waals surface area contributed by atoms with Crippen LogP contribution >= 0.6 is 11.8 Å². The number of benzene rings is 2. The molecule has 32 heavy (non-hydrogen) atoms. The van der Waals surface area contributed by atoms with Crippen LogP contribution in [-0.4, -0.2) is 24.6 Å². The van der Waals surface area contributed by atoms with Gasteiger partial charge in [0.25, 0.3) is 11.2 Å². The van der Waals surface area contributed by atoms with Crippen LogP contribution in [0, 0.1) is 16.0 Å². The molecule has 0 atom stereocenters. The monoisotopic (exact) mass is 451 g/mol. The molecule has 0 radical (unpaired) electrons. The van der Waals surface area contributed by atoms with Crippen LogP contribution in [0.2, 0.25) is 0 Å². The van der Waals surface area contributed by atoms with Gasteiger partial charge in [0.1, 0.15) is 0 Å². The highest BCUT2D eigenvalue weighted by atomic mass is 32.2. The predicted octanol–water partition coefficient (Wildman–Crippen LogP) is 4.69. The van der Waals surface area contributed by atoms with Crippen LogP contribution in [0.15, 0.2) is 63.0 Å². The minimum Gasteiger partial charge on any atom is -0.338 e. The average molecular weight is 452 g/mol. The maximum Gasteiger partial charge on any atom is 0.269 e. The first-order chi connectivity index (χ1) is 15.4. The molecule has 9 nitrogen and oxygen atoms in total. The number of para-hydroxylation sites is 1. The molecule has 0 bridgehead atoms. The Kier molecular flexibility index (Phi) is 6.31.